The fourth-order valence-corrected chi connectivity index (χ4v) is 4.02. The lowest BCUT2D eigenvalue weighted by Gasteiger charge is -2.31. The van der Waals surface area contributed by atoms with Crippen LogP contribution in [0.15, 0.2) is 0 Å². The second kappa shape index (κ2) is 7.32. The van der Waals surface area contributed by atoms with Gasteiger partial charge in [0.05, 0.1) is 0 Å². The van der Waals surface area contributed by atoms with Gasteiger partial charge in [0.2, 0.25) is 0 Å². The van der Waals surface area contributed by atoms with Crippen LogP contribution in [0, 0.1) is 0 Å². The average molecular weight is 312 g/mol. The molecule has 112 valence electrons. The Hall–Kier alpha value is -0.510. The highest BCUT2D eigenvalue weighted by atomic mass is 32.2. The number of carbonyl (C=O) groups is 1. The predicted molar refractivity (Wildman–Crippen MR) is 72.5 cm³/mol. The number of hydrogen-bond donors (Lipinski definition) is 2. The van der Waals surface area contributed by atoms with Crippen molar-refractivity contribution in [2.45, 2.75) is 31.7 Å². The maximum atomic E-state index is 12.0. The number of aliphatic carboxylic acids is 1. The third kappa shape index (κ3) is 5.17. The number of rotatable bonds is 7. The lowest BCUT2D eigenvalue weighted by Crippen LogP contribution is -2.52. The van der Waals surface area contributed by atoms with E-state index in [-0.39, 0.29) is 13.1 Å². The molecular weight excluding hydrogens is 292 g/mol. The van der Waals surface area contributed by atoms with Gasteiger partial charge < -0.3 is 5.11 Å². The molecule has 0 aromatic heterocycles. The van der Waals surface area contributed by atoms with Crippen LogP contribution in [0.2, 0.25) is 0 Å². The van der Waals surface area contributed by atoms with Crippen molar-refractivity contribution in [3.8, 4) is 0 Å². The van der Waals surface area contributed by atoms with E-state index in [1.165, 1.54) is 0 Å². The fourth-order valence-electron chi connectivity index (χ4n) is 2.00. The molecule has 2 N–H and O–H groups in total. The van der Waals surface area contributed by atoms with Gasteiger partial charge in [0.25, 0.3) is 10.2 Å². The molecule has 1 fully saturated rings. The van der Waals surface area contributed by atoms with Crippen LogP contribution in [-0.4, -0.2) is 59.1 Å². The molecule has 2 atom stereocenters. The maximum Gasteiger partial charge on any atom is 0.322 e. The van der Waals surface area contributed by atoms with Crippen LogP contribution in [0.3, 0.4) is 0 Å². The Kier molecular flexibility index (Phi) is 6.37. The Morgan fingerprint density at radius 1 is 1.47 bits per heavy atom. The second-order valence-electron chi connectivity index (χ2n) is 4.49. The van der Waals surface area contributed by atoms with E-state index in [1.807, 2.05) is 0 Å². The zero-order valence-corrected chi connectivity index (χ0v) is 12.5. The molecule has 0 amide bonds. The third-order valence-electron chi connectivity index (χ3n) is 2.94. The smallest absolute Gasteiger partial charge is 0.322 e. The zero-order valence-electron chi connectivity index (χ0n) is 10.9. The van der Waals surface area contributed by atoms with Crippen LogP contribution < -0.4 is 4.72 Å². The van der Waals surface area contributed by atoms with Gasteiger partial charge in [0.15, 0.2) is 0 Å². The summed E-state index contributed by atoms with van der Waals surface area (Å²) in [6.07, 6.45) is 3.75. The van der Waals surface area contributed by atoms with Crippen molar-refractivity contribution in [3.63, 3.8) is 0 Å². The molecule has 7 nitrogen and oxygen atoms in total. The minimum absolute atomic E-state index is 0.171. The van der Waals surface area contributed by atoms with Gasteiger partial charge in [-0.1, -0.05) is 0 Å². The van der Waals surface area contributed by atoms with Crippen molar-refractivity contribution < 1.29 is 22.5 Å². The van der Waals surface area contributed by atoms with E-state index >= 15 is 0 Å². The van der Waals surface area contributed by atoms with E-state index in [0.717, 1.165) is 10.7 Å². The molecule has 2 unspecified atom stereocenters. The lowest BCUT2D eigenvalue weighted by atomic mass is 10.1. The van der Waals surface area contributed by atoms with Crippen molar-refractivity contribution in [3.05, 3.63) is 0 Å². The van der Waals surface area contributed by atoms with Crippen molar-refractivity contribution in [1.29, 1.82) is 0 Å². The molecule has 0 radical (unpaired) electrons. The minimum Gasteiger partial charge on any atom is -0.480 e. The Morgan fingerprint density at radius 3 is 2.74 bits per heavy atom. The number of nitrogens with zero attached hydrogens (tertiary/aromatic N) is 1. The van der Waals surface area contributed by atoms with Crippen LogP contribution in [0.1, 0.15) is 25.7 Å². The molecule has 1 aliphatic heterocycles. The van der Waals surface area contributed by atoms with Gasteiger partial charge in [-0.3, -0.25) is 9.00 Å². The summed E-state index contributed by atoms with van der Waals surface area (Å²) in [5, 5.41) is 9.04. The molecule has 1 saturated heterocycles. The Labute approximate surface area is 116 Å². The largest absolute Gasteiger partial charge is 0.480 e. The summed E-state index contributed by atoms with van der Waals surface area (Å²) in [4.78, 5) is 11.1. The molecule has 0 aromatic carbocycles. The lowest BCUT2D eigenvalue weighted by molar-refractivity contribution is -0.142. The van der Waals surface area contributed by atoms with Gasteiger partial charge in [0, 0.05) is 35.9 Å². The Balaban J connectivity index is 2.59. The summed E-state index contributed by atoms with van der Waals surface area (Å²) in [5.74, 6) is -0.690. The quantitative estimate of drug-likeness (QED) is 0.618. The highest BCUT2D eigenvalue weighted by Gasteiger charge is 2.36. The van der Waals surface area contributed by atoms with Crippen molar-refractivity contribution >= 4 is 27.0 Å². The Morgan fingerprint density at radius 2 is 2.16 bits per heavy atom. The number of nitrogens with one attached hydrogen (secondary N) is 1. The highest BCUT2D eigenvalue weighted by Crippen LogP contribution is 2.19. The van der Waals surface area contributed by atoms with Crippen LogP contribution in [-0.2, 0) is 25.8 Å². The maximum absolute atomic E-state index is 12.0. The first-order valence-electron chi connectivity index (χ1n) is 6.14. The van der Waals surface area contributed by atoms with Gasteiger partial charge in [-0.05, 0) is 25.7 Å². The number of carboxylic acids is 1. The van der Waals surface area contributed by atoms with Crippen LogP contribution in [0.4, 0.5) is 0 Å². The van der Waals surface area contributed by atoms with Gasteiger partial charge in [-0.15, -0.1) is 0 Å². The SMILES string of the molecule is CS(=O)CCCNS(=O)(=O)N1CCCCC1C(=O)O. The first kappa shape index (κ1) is 16.5. The monoisotopic (exact) mass is 312 g/mol. The number of hydrogen-bond acceptors (Lipinski definition) is 4. The first-order valence-corrected chi connectivity index (χ1v) is 9.30. The van der Waals surface area contributed by atoms with E-state index in [1.54, 1.807) is 6.26 Å². The molecule has 0 aromatic rings. The molecule has 0 aliphatic carbocycles. The fraction of sp³-hybridized carbons (Fsp3) is 0.900. The van der Waals surface area contributed by atoms with Gasteiger partial charge in [-0.25, -0.2) is 4.72 Å². The molecule has 19 heavy (non-hydrogen) atoms. The number of carboxylic acid groups (broad SMARTS) is 1. The molecule has 1 rings (SSSR count). The summed E-state index contributed by atoms with van der Waals surface area (Å²) in [6.45, 7) is 0.400. The summed E-state index contributed by atoms with van der Waals surface area (Å²) >= 11 is 0. The first-order chi connectivity index (χ1) is 8.84. The molecule has 0 saturated carbocycles. The Bertz CT molecular complexity index is 437. The van der Waals surface area contributed by atoms with Crippen molar-refractivity contribution in [2.24, 2.45) is 0 Å². The van der Waals surface area contributed by atoms with Crippen molar-refractivity contribution in [2.75, 3.05) is 25.1 Å². The highest BCUT2D eigenvalue weighted by molar-refractivity contribution is 7.87. The molecule has 0 bridgehead atoms. The topological polar surface area (TPSA) is 104 Å². The van der Waals surface area contributed by atoms with E-state index < -0.39 is 33.0 Å². The summed E-state index contributed by atoms with van der Waals surface area (Å²) in [7, 11) is -4.73. The normalized spacial score (nSPS) is 23.1. The second-order valence-corrected chi connectivity index (χ2v) is 7.75. The molecule has 1 aliphatic rings. The zero-order chi connectivity index (χ0) is 14.5. The summed E-state index contributed by atoms with van der Waals surface area (Å²) in [5.41, 5.74) is 0. The molecular formula is C10H20N2O5S2. The molecule has 9 heteroatoms. The average Bonchev–Trinajstić information content (AvgIpc) is 2.34. The van der Waals surface area contributed by atoms with Crippen LogP contribution >= 0.6 is 0 Å². The number of piperidine rings is 1. The standard InChI is InChI=1S/C10H20N2O5S2/c1-18(15)8-4-6-11-19(16,17)12-7-3-2-5-9(12)10(13)14/h9,11H,2-8H2,1H3,(H,13,14). The predicted octanol–water partition coefficient (Wildman–Crippen LogP) is -0.471. The van der Waals surface area contributed by atoms with E-state index in [4.69, 9.17) is 5.11 Å². The summed E-state index contributed by atoms with van der Waals surface area (Å²) < 4.78 is 38.3. The van der Waals surface area contributed by atoms with E-state index in [2.05, 4.69) is 4.72 Å². The molecule has 0 spiro atoms. The summed E-state index contributed by atoms with van der Waals surface area (Å²) in [6, 6.07) is -0.980. The molecule has 1 heterocycles. The minimum atomic E-state index is -3.77. The van der Waals surface area contributed by atoms with E-state index in [0.29, 0.717) is 25.0 Å². The van der Waals surface area contributed by atoms with Crippen molar-refractivity contribution in [1.82, 2.24) is 9.03 Å². The van der Waals surface area contributed by atoms with Gasteiger partial charge in [-0.2, -0.15) is 12.7 Å². The van der Waals surface area contributed by atoms with Crippen LogP contribution in [0.5, 0.6) is 0 Å². The van der Waals surface area contributed by atoms with Crippen LogP contribution in [0.25, 0.3) is 0 Å². The van der Waals surface area contributed by atoms with Gasteiger partial charge >= 0.3 is 5.97 Å². The van der Waals surface area contributed by atoms with E-state index in [9.17, 15) is 17.4 Å². The third-order valence-corrected chi connectivity index (χ3v) is 5.43. The van der Waals surface area contributed by atoms with Gasteiger partial charge in [0.1, 0.15) is 6.04 Å².